The van der Waals surface area contributed by atoms with Crippen molar-refractivity contribution < 1.29 is 61.1 Å². The Labute approximate surface area is 346 Å². The number of anilines is 1. The number of hydrogen-bond acceptors (Lipinski definition) is 16. The Morgan fingerprint density at radius 3 is 1.38 bits per heavy atom. The third kappa shape index (κ3) is 28.1. The molecule has 21 nitrogen and oxygen atoms in total. The summed E-state index contributed by atoms with van der Waals surface area (Å²) in [4.78, 5) is 71.1. The molecule has 1 fully saturated rings. The molecule has 1 aromatic heterocycles. The SMILES string of the molecule is CCN(CC)CC.CCN(CC)CC.CCN(CC)CC.CCN(CC)CC.Nc1nc(=O)n([C@H]2C[C@H](O)[C@@H](COP(=O)(O)OP(=O)(O)OP(=O)(O)O)O2)cc1C=O. The Kier molecular flexibility index (Phi) is 34.8. The van der Waals surface area contributed by atoms with Crippen LogP contribution in [-0.4, -0.2) is 157 Å². The van der Waals surface area contributed by atoms with Crippen molar-refractivity contribution in [2.45, 2.75) is 108 Å². The number of carbonyl (C=O) groups excluding carboxylic acids is 1. The van der Waals surface area contributed by atoms with Crippen molar-refractivity contribution in [1.82, 2.24) is 29.2 Å². The minimum absolute atomic E-state index is 0.135. The minimum Gasteiger partial charge on any atom is -0.390 e. The molecule has 58 heavy (non-hydrogen) atoms. The highest BCUT2D eigenvalue weighted by molar-refractivity contribution is 7.66. The molecule has 0 radical (unpaired) electrons. The van der Waals surface area contributed by atoms with Crippen LogP contribution in [0.5, 0.6) is 0 Å². The molecule has 1 aliphatic heterocycles. The van der Waals surface area contributed by atoms with E-state index in [2.05, 4.69) is 121 Å². The van der Waals surface area contributed by atoms with Gasteiger partial charge in [-0.2, -0.15) is 13.6 Å². The number of ether oxygens (including phenoxy) is 1. The lowest BCUT2D eigenvalue weighted by atomic mass is 10.2. The molecule has 0 amide bonds. The van der Waals surface area contributed by atoms with E-state index in [1.807, 2.05) is 0 Å². The minimum atomic E-state index is -5.70. The zero-order chi connectivity index (χ0) is 45.7. The number of aliphatic hydroxyl groups excluding tert-OH is 1. The maximum atomic E-state index is 11.9. The lowest BCUT2D eigenvalue weighted by Gasteiger charge is -2.19. The van der Waals surface area contributed by atoms with Gasteiger partial charge in [0, 0.05) is 12.6 Å². The van der Waals surface area contributed by atoms with Gasteiger partial charge in [0.2, 0.25) is 0 Å². The van der Waals surface area contributed by atoms with Gasteiger partial charge in [-0.15, -0.1) is 0 Å². The number of phosphoric ester groups is 1. The van der Waals surface area contributed by atoms with E-state index in [1.165, 1.54) is 78.5 Å². The van der Waals surface area contributed by atoms with Crippen LogP contribution in [0, 0.1) is 0 Å². The number of nitrogen functional groups attached to an aromatic ring is 1. The number of nitrogens with zero attached hydrogens (tertiary/aromatic N) is 6. The molecule has 1 saturated heterocycles. The number of aliphatic hydroxyl groups is 1. The summed E-state index contributed by atoms with van der Waals surface area (Å²) in [5, 5.41) is 10.00. The molecule has 1 aromatic rings. The lowest BCUT2D eigenvalue weighted by Crippen LogP contribution is -2.29. The van der Waals surface area contributed by atoms with Crippen LogP contribution in [-0.2, 0) is 31.6 Å². The van der Waals surface area contributed by atoms with Crippen LogP contribution < -0.4 is 11.4 Å². The van der Waals surface area contributed by atoms with Crippen LogP contribution in [0.4, 0.5) is 5.82 Å². The topological polar surface area (TPSA) is 280 Å². The van der Waals surface area contributed by atoms with Gasteiger partial charge in [0.25, 0.3) is 0 Å². The fourth-order valence-electron chi connectivity index (χ4n) is 4.98. The Morgan fingerprint density at radius 1 is 0.724 bits per heavy atom. The number of rotatable bonds is 21. The first-order valence-corrected chi connectivity index (χ1v) is 24.4. The van der Waals surface area contributed by atoms with E-state index in [-0.39, 0.29) is 17.8 Å². The summed E-state index contributed by atoms with van der Waals surface area (Å²) >= 11 is 0. The van der Waals surface area contributed by atoms with Crippen molar-refractivity contribution in [3.63, 3.8) is 0 Å². The molecule has 0 bridgehead atoms. The molecule has 2 unspecified atom stereocenters. The maximum absolute atomic E-state index is 11.9. The van der Waals surface area contributed by atoms with Crippen molar-refractivity contribution >= 4 is 35.6 Å². The second kappa shape index (κ2) is 33.2. The first-order valence-electron chi connectivity index (χ1n) is 19.9. The van der Waals surface area contributed by atoms with Crippen LogP contribution in [0.1, 0.15) is 106 Å². The largest absolute Gasteiger partial charge is 0.490 e. The third-order valence-corrected chi connectivity index (χ3v) is 12.6. The van der Waals surface area contributed by atoms with Gasteiger partial charge in [0.15, 0.2) is 6.29 Å². The molecule has 1 aliphatic rings. The molecule has 7 N–H and O–H groups in total. The molecule has 0 spiro atoms. The number of aromatic nitrogens is 2. The molecule has 24 heteroatoms. The van der Waals surface area contributed by atoms with Crippen molar-refractivity contribution in [3.05, 3.63) is 22.2 Å². The normalized spacial score (nSPS) is 18.5. The van der Waals surface area contributed by atoms with Crippen LogP contribution in [0.25, 0.3) is 0 Å². The highest BCUT2D eigenvalue weighted by Crippen LogP contribution is 2.66. The second-order valence-corrected chi connectivity index (χ2v) is 16.6. The highest BCUT2D eigenvalue weighted by Gasteiger charge is 2.43. The number of phosphoric acid groups is 3. The van der Waals surface area contributed by atoms with Gasteiger partial charge in [-0.05, 0) is 78.5 Å². The number of hydrogen-bond donors (Lipinski definition) is 6. The summed E-state index contributed by atoms with van der Waals surface area (Å²) in [7, 11) is -16.7. The fraction of sp³-hybridized carbons (Fsp3) is 0.853. The van der Waals surface area contributed by atoms with Gasteiger partial charge < -0.3 is 54.8 Å². The zero-order valence-corrected chi connectivity index (χ0v) is 39.5. The van der Waals surface area contributed by atoms with Gasteiger partial charge in [0.1, 0.15) is 18.1 Å². The van der Waals surface area contributed by atoms with Gasteiger partial charge in [-0.25, -0.2) is 18.5 Å². The van der Waals surface area contributed by atoms with Crippen LogP contribution in [0.15, 0.2) is 11.0 Å². The Hall–Kier alpha value is -1.48. The van der Waals surface area contributed by atoms with E-state index in [4.69, 9.17) is 25.2 Å². The quantitative estimate of drug-likeness (QED) is 0.0750. The van der Waals surface area contributed by atoms with E-state index < -0.39 is 54.2 Å². The van der Waals surface area contributed by atoms with Crippen LogP contribution in [0.2, 0.25) is 0 Å². The summed E-state index contributed by atoms with van der Waals surface area (Å²) in [5.41, 5.74) is 4.35. The van der Waals surface area contributed by atoms with E-state index >= 15 is 0 Å². The summed E-state index contributed by atoms with van der Waals surface area (Å²) in [6, 6.07) is 0. The predicted molar refractivity (Wildman–Crippen MR) is 226 cm³/mol. The van der Waals surface area contributed by atoms with Crippen molar-refractivity contribution in [2.75, 3.05) is 90.9 Å². The number of nitrogens with two attached hydrogens (primary N) is 1. The molecule has 346 valence electrons. The van der Waals surface area contributed by atoms with Crippen molar-refractivity contribution in [2.24, 2.45) is 0 Å². The number of carbonyl (C=O) groups is 1. The molecule has 0 aromatic carbocycles. The summed E-state index contributed by atoms with van der Waals surface area (Å²) in [6.07, 6.45) is -2.78. The Balaban J connectivity index is -0.000000868. The molecule has 0 aliphatic carbocycles. The molecule has 5 atom stereocenters. The van der Waals surface area contributed by atoms with Gasteiger partial charge in [-0.3, -0.25) is 13.9 Å². The summed E-state index contributed by atoms with van der Waals surface area (Å²) < 4.78 is 51.1. The zero-order valence-electron chi connectivity index (χ0n) is 36.8. The van der Waals surface area contributed by atoms with E-state index in [1.54, 1.807) is 0 Å². The monoisotopic (exact) mass is 899 g/mol. The molecule has 2 heterocycles. The van der Waals surface area contributed by atoms with Crippen LogP contribution in [0.3, 0.4) is 0 Å². The van der Waals surface area contributed by atoms with Gasteiger partial charge in [-0.1, -0.05) is 83.1 Å². The molecule has 2 rings (SSSR count). The summed E-state index contributed by atoms with van der Waals surface area (Å²) in [6.45, 7) is 39.6. The first-order chi connectivity index (χ1) is 27.0. The highest BCUT2D eigenvalue weighted by atomic mass is 31.3. The predicted octanol–water partition coefficient (Wildman–Crippen LogP) is 4.02. The lowest BCUT2D eigenvalue weighted by molar-refractivity contribution is -0.0449. The molecular formula is C34H76N7O14P3. The Bertz CT molecular complexity index is 1340. The first kappa shape index (κ1) is 60.8. The Morgan fingerprint density at radius 2 is 1.09 bits per heavy atom. The number of aldehydes is 1. The van der Waals surface area contributed by atoms with Gasteiger partial charge >= 0.3 is 29.2 Å². The standard InChI is InChI=1S/C10H16N3O14P3.4C6H15N/c11-9-5(3-14)2-13(10(16)12-9)8-1-6(15)7(25-8)4-24-29(20,21)27-30(22,23)26-28(17,18)19;4*1-4-7(5-2)6-3/h2-3,6-8,15H,1,4H2,(H,20,21)(H,22,23)(H2,11,12,16)(H2,17,18,19);4*4-6H2,1-3H3/t6-,7+,8+;;;;/m0..../s1. The van der Waals surface area contributed by atoms with E-state index in [0.29, 0.717) is 6.29 Å². The average Bonchev–Trinajstić information content (AvgIpc) is 3.53. The molecule has 0 saturated carbocycles. The smallest absolute Gasteiger partial charge is 0.390 e. The van der Waals surface area contributed by atoms with Gasteiger partial charge in [0.05, 0.1) is 18.3 Å². The molecular weight excluding hydrogens is 823 g/mol. The maximum Gasteiger partial charge on any atom is 0.490 e. The third-order valence-electron chi connectivity index (χ3n) is 8.84. The fourth-order valence-corrected chi connectivity index (χ4v) is 8.01. The van der Waals surface area contributed by atoms with Crippen molar-refractivity contribution in [3.8, 4) is 0 Å². The van der Waals surface area contributed by atoms with Crippen LogP contribution >= 0.6 is 23.5 Å². The summed E-state index contributed by atoms with van der Waals surface area (Å²) in [5.74, 6) is -0.325. The van der Waals surface area contributed by atoms with E-state index in [0.717, 1.165) is 10.8 Å². The van der Waals surface area contributed by atoms with Crippen molar-refractivity contribution in [1.29, 1.82) is 0 Å². The average molecular weight is 900 g/mol. The second-order valence-electron chi connectivity index (χ2n) is 12.2. The van der Waals surface area contributed by atoms with E-state index in [9.17, 15) is 33.3 Å².